The van der Waals surface area contributed by atoms with Gasteiger partial charge in [0, 0.05) is 19.1 Å². The Morgan fingerprint density at radius 3 is 2.35 bits per heavy atom. The van der Waals surface area contributed by atoms with Crippen LogP contribution in [0.25, 0.3) is 0 Å². The van der Waals surface area contributed by atoms with Gasteiger partial charge >= 0.3 is 0 Å². The average Bonchev–Trinajstić information content (AvgIpc) is 3.22. The molecule has 0 aromatic heterocycles. The Morgan fingerprint density at radius 1 is 1.30 bits per heavy atom. The van der Waals surface area contributed by atoms with Gasteiger partial charge in [-0.15, -0.1) is 0 Å². The van der Waals surface area contributed by atoms with Crippen LogP contribution < -0.4 is 5.73 Å². The van der Waals surface area contributed by atoms with Gasteiger partial charge in [-0.25, -0.2) is 0 Å². The number of carbonyl (C=O) groups is 1. The fourth-order valence-corrected chi connectivity index (χ4v) is 2.53. The third-order valence-electron chi connectivity index (χ3n) is 4.12. The molecular weight excluding hydrogens is 248 g/mol. The molecule has 110 valence electrons. The van der Waals surface area contributed by atoms with E-state index < -0.39 is 0 Å². The number of hydrogen-bond acceptors (Lipinski definition) is 2. The van der Waals surface area contributed by atoms with Crippen LogP contribution in [0.15, 0.2) is 24.3 Å². The number of benzene rings is 1. The Kier molecular flexibility index (Phi) is 4.81. The molecule has 1 aromatic carbocycles. The third-order valence-corrected chi connectivity index (χ3v) is 4.12. The van der Waals surface area contributed by atoms with Crippen LogP contribution in [0.4, 0.5) is 0 Å². The number of carbonyl (C=O) groups excluding carboxylic acids is 1. The Labute approximate surface area is 122 Å². The Bertz CT molecular complexity index is 449. The second-order valence-electron chi connectivity index (χ2n) is 6.27. The molecule has 0 bridgehead atoms. The van der Waals surface area contributed by atoms with E-state index >= 15 is 0 Å². The topological polar surface area (TPSA) is 46.3 Å². The first-order valence-electron chi connectivity index (χ1n) is 7.59. The van der Waals surface area contributed by atoms with Crippen molar-refractivity contribution < 1.29 is 4.79 Å². The maximum Gasteiger partial charge on any atom is 0.227 e. The quantitative estimate of drug-likeness (QED) is 0.867. The van der Waals surface area contributed by atoms with E-state index in [0.717, 1.165) is 12.8 Å². The van der Waals surface area contributed by atoms with E-state index in [0.29, 0.717) is 25.0 Å². The number of nitrogens with zero attached hydrogens (tertiary/aromatic N) is 1. The second-order valence-corrected chi connectivity index (χ2v) is 6.27. The molecule has 2 rings (SSSR count). The van der Waals surface area contributed by atoms with Crippen LogP contribution in [-0.2, 0) is 11.3 Å². The molecule has 1 fully saturated rings. The minimum Gasteiger partial charge on any atom is -0.335 e. The Balaban J connectivity index is 2.10. The lowest BCUT2D eigenvalue weighted by molar-refractivity contribution is -0.137. The number of amides is 1. The van der Waals surface area contributed by atoms with Gasteiger partial charge in [-0.1, -0.05) is 43.7 Å². The van der Waals surface area contributed by atoms with Crippen molar-refractivity contribution >= 4 is 5.91 Å². The monoisotopic (exact) mass is 274 g/mol. The molecule has 0 aliphatic heterocycles. The van der Waals surface area contributed by atoms with Crippen molar-refractivity contribution in [3.8, 4) is 0 Å². The van der Waals surface area contributed by atoms with E-state index in [1.807, 2.05) is 4.90 Å². The van der Waals surface area contributed by atoms with Gasteiger partial charge in [-0.05, 0) is 31.2 Å². The molecule has 1 aromatic rings. The van der Waals surface area contributed by atoms with Crippen LogP contribution in [0.5, 0.6) is 0 Å². The summed E-state index contributed by atoms with van der Waals surface area (Å²) in [6.45, 7) is 7.39. The SMILES string of the molecule is Cc1ccc(CN(C(=O)C(CN)C(C)C)C2CC2)cc1. The van der Waals surface area contributed by atoms with E-state index in [1.54, 1.807) is 0 Å². The fraction of sp³-hybridized carbons (Fsp3) is 0.588. The standard InChI is InChI=1S/C17H26N2O/c1-12(2)16(10-18)17(20)19(15-8-9-15)11-14-6-4-13(3)5-7-14/h4-7,12,15-16H,8-11,18H2,1-3H3. The molecule has 1 amide bonds. The van der Waals surface area contributed by atoms with Gasteiger partial charge in [0.25, 0.3) is 0 Å². The fourth-order valence-electron chi connectivity index (χ4n) is 2.53. The summed E-state index contributed by atoms with van der Waals surface area (Å²) >= 11 is 0. The molecule has 0 heterocycles. The average molecular weight is 274 g/mol. The lowest BCUT2D eigenvalue weighted by Crippen LogP contribution is -2.42. The number of rotatable bonds is 6. The first kappa shape index (κ1) is 15.0. The maximum absolute atomic E-state index is 12.7. The second kappa shape index (κ2) is 6.40. The molecule has 3 heteroatoms. The highest BCUT2D eigenvalue weighted by atomic mass is 16.2. The van der Waals surface area contributed by atoms with Crippen molar-refractivity contribution in [2.24, 2.45) is 17.6 Å². The molecule has 1 unspecified atom stereocenters. The zero-order valence-electron chi connectivity index (χ0n) is 12.8. The van der Waals surface area contributed by atoms with Crippen molar-refractivity contribution in [2.45, 2.75) is 46.2 Å². The van der Waals surface area contributed by atoms with Crippen molar-refractivity contribution in [3.63, 3.8) is 0 Å². The predicted octanol–water partition coefficient (Wildman–Crippen LogP) is 2.72. The van der Waals surface area contributed by atoms with Gasteiger partial charge in [0.2, 0.25) is 5.91 Å². The van der Waals surface area contributed by atoms with Crippen molar-refractivity contribution in [1.82, 2.24) is 4.90 Å². The highest BCUT2D eigenvalue weighted by Crippen LogP contribution is 2.30. The van der Waals surface area contributed by atoms with Crippen LogP contribution in [0.1, 0.15) is 37.8 Å². The van der Waals surface area contributed by atoms with E-state index in [2.05, 4.69) is 45.0 Å². The largest absolute Gasteiger partial charge is 0.335 e. The molecule has 1 saturated carbocycles. The molecule has 1 aliphatic rings. The first-order chi connectivity index (χ1) is 9.52. The molecule has 3 nitrogen and oxygen atoms in total. The molecular formula is C17H26N2O. The first-order valence-corrected chi connectivity index (χ1v) is 7.59. The Hall–Kier alpha value is -1.35. The van der Waals surface area contributed by atoms with Crippen molar-refractivity contribution in [2.75, 3.05) is 6.54 Å². The summed E-state index contributed by atoms with van der Waals surface area (Å²) in [5.74, 6) is 0.471. The zero-order chi connectivity index (χ0) is 14.7. The van der Waals surface area contributed by atoms with E-state index in [1.165, 1.54) is 11.1 Å². The normalized spacial score (nSPS) is 16.2. The van der Waals surface area contributed by atoms with Gasteiger partial charge in [-0.2, -0.15) is 0 Å². The van der Waals surface area contributed by atoms with E-state index in [4.69, 9.17) is 5.73 Å². The summed E-state index contributed by atoms with van der Waals surface area (Å²) in [5, 5.41) is 0. The van der Waals surface area contributed by atoms with Crippen LogP contribution in [0, 0.1) is 18.8 Å². The van der Waals surface area contributed by atoms with Crippen molar-refractivity contribution in [3.05, 3.63) is 35.4 Å². The molecule has 2 N–H and O–H groups in total. The van der Waals surface area contributed by atoms with Gasteiger partial charge < -0.3 is 10.6 Å². The Morgan fingerprint density at radius 2 is 1.90 bits per heavy atom. The minimum atomic E-state index is -0.0546. The lowest BCUT2D eigenvalue weighted by Gasteiger charge is -2.29. The highest BCUT2D eigenvalue weighted by Gasteiger charge is 2.36. The van der Waals surface area contributed by atoms with Crippen LogP contribution in [0.3, 0.4) is 0 Å². The summed E-state index contributed by atoms with van der Waals surface area (Å²) in [4.78, 5) is 14.8. The molecule has 20 heavy (non-hydrogen) atoms. The summed E-state index contributed by atoms with van der Waals surface area (Å²) in [7, 11) is 0. The summed E-state index contributed by atoms with van der Waals surface area (Å²) in [6.07, 6.45) is 2.26. The number of hydrogen-bond donors (Lipinski definition) is 1. The van der Waals surface area contributed by atoms with Crippen molar-refractivity contribution in [1.29, 1.82) is 0 Å². The van der Waals surface area contributed by atoms with Gasteiger partial charge in [0.1, 0.15) is 0 Å². The number of aryl methyl sites for hydroxylation is 1. The lowest BCUT2D eigenvalue weighted by atomic mass is 9.94. The highest BCUT2D eigenvalue weighted by molar-refractivity contribution is 5.80. The summed E-state index contributed by atoms with van der Waals surface area (Å²) < 4.78 is 0. The minimum absolute atomic E-state index is 0.0546. The molecule has 0 saturated heterocycles. The van der Waals surface area contributed by atoms with Gasteiger partial charge in [-0.3, -0.25) is 4.79 Å². The summed E-state index contributed by atoms with van der Waals surface area (Å²) in [5.41, 5.74) is 8.25. The maximum atomic E-state index is 12.7. The molecule has 1 atom stereocenters. The third kappa shape index (κ3) is 3.60. The molecule has 0 spiro atoms. The van der Waals surface area contributed by atoms with E-state index in [-0.39, 0.29) is 11.8 Å². The van der Waals surface area contributed by atoms with Gasteiger partial charge in [0.05, 0.1) is 5.92 Å². The van der Waals surface area contributed by atoms with E-state index in [9.17, 15) is 4.79 Å². The smallest absolute Gasteiger partial charge is 0.227 e. The summed E-state index contributed by atoms with van der Waals surface area (Å²) in [6, 6.07) is 8.87. The molecule has 1 aliphatic carbocycles. The van der Waals surface area contributed by atoms with Crippen LogP contribution >= 0.6 is 0 Å². The molecule has 0 radical (unpaired) electrons. The number of nitrogens with two attached hydrogens (primary N) is 1. The predicted molar refractivity (Wildman–Crippen MR) is 82.1 cm³/mol. The van der Waals surface area contributed by atoms with Crippen LogP contribution in [0.2, 0.25) is 0 Å². The van der Waals surface area contributed by atoms with Crippen LogP contribution in [-0.4, -0.2) is 23.4 Å². The zero-order valence-corrected chi connectivity index (χ0v) is 12.8. The van der Waals surface area contributed by atoms with Gasteiger partial charge in [0.15, 0.2) is 0 Å².